The molecule has 0 spiro atoms. The van der Waals surface area contributed by atoms with Crippen LogP contribution in [0, 0.1) is 0 Å². The maximum atomic E-state index is 13.0. The van der Waals surface area contributed by atoms with Crippen LogP contribution in [0.3, 0.4) is 0 Å². The molecular formula is C25H30N4O3. The molecule has 168 valence electrons. The van der Waals surface area contributed by atoms with Crippen molar-refractivity contribution in [2.75, 3.05) is 25.0 Å². The van der Waals surface area contributed by atoms with Gasteiger partial charge >= 0.3 is 0 Å². The van der Waals surface area contributed by atoms with Gasteiger partial charge in [-0.1, -0.05) is 25.5 Å². The van der Waals surface area contributed by atoms with Gasteiger partial charge in [-0.25, -0.2) is 4.98 Å². The lowest BCUT2D eigenvalue weighted by molar-refractivity contribution is -0.111. The lowest BCUT2D eigenvalue weighted by atomic mass is 10.1. The highest BCUT2D eigenvalue weighted by Gasteiger charge is 2.28. The van der Waals surface area contributed by atoms with Gasteiger partial charge in [-0.2, -0.15) is 0 Å². The molecule has 0 saturated heterocycles. The minimum atomic E-state index is -0.370. The van der Waals surface area contributed by atoms with Gasteiger partial charge in [-0.3, -0.25) is 4.79 Å². The normalized spacial score (nSPS) is 13.3. The molecule has 1 aliphatic heterocycles. The molecule has 0 aliphatic carbocycles. The maximum Gasteiger partial charge on any atom is 0.262 e. The molecule has 3 aromatic rings. The summed E-state index contributed by atoms with van der Waals surface area (Å²) in [5.74, 6) is 0.960. The smallest absolute Gasteiger partial charge is 0.262 e. The van der Waals surface area contributed by atoms with Crippen LogP contribution in [0.1, 0.15) is 38.4 Å². The zero-order chi connectivity index (χ0) is 22.3. The lowest BCUT2D eigenvalue weighted by Crippen LogP contribution is -2.22. The minimum absolute atomic E-state index is 0.0674. The zero-order valence-corrected chi connectivity index (χ0v) is 18.4. The third-order valence-corrected chi connectivity index (χ3v) is 5.55. The van der Waals surface area contributed by atoms with Crippen molar-refractivity contribution in [2.45, 2.75) is 39.2 Å². The van der Waals surface area contributed by atoms with Gasteiger partial charge in [0.15, 0.2) is 0 Å². The van der Waals surface area contributed by atoms with E-state index in [2.05, 4.69) is 22.5 Å². The quantitative estimate of drug-likeness (QED) is 0.409. The van der Waals surface area contributed by atoms with E-state index in [4.69, 9.17) is 4.74 Å². The number of carbonyl (C=O) groups is 1. The molecule has 0 atom stereocenters. The van der Waals surface area contributed by atoms with Crippen molar-refractivity contribution >= 4 is 28.2 Å². The fraction of sp³-hybridized carbons (Fsp3) is 0.360. The van der Waals surface area contributed by atoms with Crippen LogP contribution in [-0.2, 0) is 11.3 Å². The third-order valence-electron chi connectivity index (χ3n) is 5.55. The summed E-state index contributed by atoms with van der Waals surface area (Å²) in [5, 5.41) is 16.7. The van der Waals surface area contributed by atoms with Gasteiger partial charge in [0.2, 0.25) is 0 Å². The van der Waals surface area contributed by atoms with Crippen molar-refractivity contribution in [3.05, 3.63) is 60.1 Å². The predicted molar refractivity (Wildman–Crippen MR) is 127 cm³/mol. The summed E-state index contributed by atoms with van der Waals surface area (Å²) in [6.45, 7) is 5.41. The number of hydrogen-bond acceptors (Lipinski definition) is 5. The van der Waals surface area contributed by atoms with E-state index < -0.39 is 0 Å². The van der Waals surface area contributed by atoms with E-state index in [9.17, 15) is 9.90 Å². The second-order valence-electron chi connectivity index (χ2n) is 7.93. The van der Waals surface area contributed by atoms with Crippen LogP contribution in [-0.4, -0.2) is 40.3 Å². The van der Waals surface area contributed by atoms with E-state index in [-0.39, 0.29) is 17.2 Å². The van der Waals surface area contributed by atoms with Crippen LogP contribution < -0.4 is 15.4 Å². The van der Waals surface area contributed by atoms with Gasteiger partial charge in [0.05, 0.1) is 17.6 Å². The topological polar surface area (TPSA) is 88.4 Å². The maximum absolute atomic E-state index is 13.0. The molecular weight excluding hydrogens is 404 g/mol. The molecule has 1 aromatic heterocycles. The Labute approximate surface area is 188 Å². The average molecular weight is 435 g/mol. The summed E-state index contributed by atoms with van der Waals surface area (Å²) in [4.78, 5) is 17.6. The van der Waals surface area contributed by atoms with Crippen LogP contribution in [0.4, 0.5) is 5.69 Å². The number of imidazole rings is 1. The average Bonchev–Trinajstić information content (AvgIpc) is 3.17. The van der Waals surface area contributed by atoms with E-state index in [0.29, 0.717) is 31.1 Å². The molecule has 4 rings (SSSR count). The van der Waals surface area contributed by atoms with E-state index >= 15 is 0 Å². The van der Waals surface area contributed by atoms with E-state index in [1.54, 1.807) is 12.1 Å². The van der Waals surface area contributed by atoms with Crippen molar-refractivity contribution in [1.29, 1.82) is 0 Å². The number of hydrogen-bond donors (Lipinski definition) is 3. The fourth-order valence-corrected chi connectivity index (χ4v) is 3.84. The standard InChI is InChI=1S/C25H30N4O3/c1-2-3-14-26-15-6-17-32-19-11-9-18(10-12-19)27-25(31)23-22(30)13-16-29-21-8-5-4-7-20(21)28-24(23)29/h4-5,7-12,26,30H,2-3,6,13-17H2,1H3,(H,27,31). The Morgan fingerprint density at radius 2 is 1.91 bits per heavy atom. The van der Waals surface area contributed by atoms with Crippen LogP contribution in [0.25, 0.3) is 16.6 Å². The first-order valence-corrected chi connectivity index (χ1v) is 11.3. The predicted octanol–water partition coefficient (Wildman–Crippen LogP) is 4.51. The van der Waals surface area contributed by atoms with Crippen LogP contribution in [0.5, 0.6) is 5.75 Å². The summed E-state index contributed by atoms with van der Waals surface area (Å²) in [6.07, 6.45) is 3.73. The Balaban J connectivity index is 1.36. The first kappa shape index (κ1) is 21.9. The van der Waals surface area contributed by atoms with Gasteiger partial charge in [-0.05, 0) is 62.3 Å². The number of carbonyl (C=O) groups excluding carboxylic acids is 1. The Hall–Kier alpha value is -3.32. The molecule has 0 saturated carbocycles. The van der Waals surface area contributed by atoms with Crippen molar-refractivity contribution in [3.8, 4) is 5.75 Å². The number of aromatic nitrogens is 2. The number of aliphatic hydroxyl groups is 1. The molecule has 2 aromatic carbocycles. The van der Waals surface area contributed by atoms with Crippen molar-refractivity contribution < 1.29 is 14.6 Å². The molecule has 1 aliphatic rings. The van der Waals surface area contributed by atoms with Crippen molar-refractivity contribution in [3.63, 3.8) is 0 Å². The van der Waals surface area contributed by atoms with Crippen LogP contribution in [0.2, 0.25) is 0 Å². The Morgan fingerprint density at radius 1 is 1.12 bits per heavy atom. The van der Waals surface area contributed by atoms with E-state index in [1.807, 2.05) is 41.0 Å². The number of unbranched alkanes of at least 4 members (excludes halogenated alkanes) is 1. The number of nitrogens with zero attached hydrogens (tertiary/aromatic N) is 2. The summed E-state index contributed by atoms with van der Waals surface area (Å²) in [5.41, 5.74) is 2.63. The summed E-state index contributed by atoms with van der Waals surface area (Å²) >= 11 is 0. The number of amides is 1. The highest BCUT2D eigenvalue weighted by atomic mass is 16.5. The number of para-hydroxylation sites is 2. The Bertz CT molecular complexity index is 1100. The highest BCUT2D eigenvalue weighted by Crippen LogP contribution is 2.30. The second-order valence-corrected chi connectivity index (χ2v) is 7.93. The van der Waals surface area contributed by atoms with Gasteiger partial charge < -0.3 is 25.0 Å². The largest absolute Gasteiger partial charge is 0.511 e. The summed E-state index contributed by atoms with van der Waals surface area (Å²) in [6, 6.07) is 15.0. The van der Waals surface area contributed by atoms with Gasteiger partial charge in [-0.15, -0.1) is 0 Å². The number of fused-ring (bicyclic) bond motifs is 3. The molecule has 0 radical (unpaired) electrons. The third kappa shape index (κ3) is 4.94. The molecule has 7 heteroatoms. The number of allylic oxidation sites excluding steroid dienone is 1. The number of rotatable bonds is 10. The zero-order valence-electron chi connectivity index (χ0n) is 18.4. The Morgan fingerprint density at radius 3 is 2.72 bits per heavy atom. The minimum Gasteiger partial charge on any atom is -0.511 e. The second kappa shape index (κ2) is 10.3. The highest BCUT2D eigenvalue weighted by molar-refractivity contribution is 6.25. The van der Waals surface area contributed by atoms with E-state index in [0.717, 1.165) is 36.3 Å². The number of aryl methyl sites for hydroxylation is 1. The number of aliphatic hydroxyl groups excluding tert-OH is 1. The fourth-order valence-electron chi connectivity index (χ4n) is 3.84. The summed E-state index contributed by atoms with van der Waals surface area (Å²) in [7, 11) is 0. The molecule has 3 N–H and O–H groups in total. The lowest BCUT2D eigenvalue weighted by Gasteiger charge is -2.18. The van der Waals surface area contributed by atoms with Crippen molar-refractivity contribution in [2.24, 2.45) is 0 Å². The SMILES string of the molecule is CCCCNCCCOc1ccc(NC(=O)C2=C(O)CCn3c2nc2ccccc23)cc1. The molecule has 0 unspecified atom stereocenters. The van der Waals surface area contributed by atoms with Gasteiger partial charge in [0.25, 0.3) is 5.91 Å². The first-order valence-electron chi connectivity index (χ1n) is 11.3. The van der Waals surface area contributed by atoms with Crippen LogP contribution in [0.15, 0.2) is 54.3 Å². The molecule has 7 nitrogen and oxygen atoms in total. The molecule has 32 heavy (non-hydrogen) atoms. The van der Waals surface area contributed by atoms with Gasteiger partial charge in [0, 0.05) is 18.7 Å². The van der Waals surface area contributed by atoms with Gasteiger partial charge in [0.1, 0.15) is 22.9 Å². The first-order chi connectivity index (χ1) is 15.7. The van der Waals surface area contributed by atoms with Crippen molar-refractivity contribution in [1.82, 2.24) is 14.9 Å². The monoisotopic (exact) mass is 434 g/mol. The number of nitrogens with one attached hydrogen (secondary N) is 2. The molecule has 0 bridgehead atoms. The summed E-state index contributed by atoms with van der Waals surface area (Å²) < 4.78 is 7.75. The van der Waals surface area contributed by atoms with E-state index in [1.165, 1.54) is 12.8 Å². The number of benzene rings is 2. The number of anilines is 1. The van der Waals surface area contributed by atoms with Crippen LogP contribution >= 0.6 is 0 Å². The number of ether oxygens (including phenoxy) is 1. The molecule has 2 heterocycles. The Kier molecular flexibility index (Phi) is 7.07. The molecule has 0 fully saturated rings. The molecule has 1 amide bonds.